The molecule has 0 bridgehead atoms. The van der Waals surface area contributed by atoms with Crippen molar-refractivity contribution >= 4 is 61.7 Å². The zero-order chi connectivity index (χ0) is 17.5. The first kappa shape index (κ1) is 25.6. The minimum atomic E-state index is -3.39. The largest absolute Gasteiger partial charge is 0.338 e. The molecule has 136 valence electrons. The van der Waals surface area contributed by atoms with E-state index < -0.39 is 15.3 Å². The van der Waals surface area contributed by atoms with Crippen molar-refractivity contribution < 1.29 is 18.9 Å². The summed E-state index contributed by atoms with van der Waals surface area (Å²) in [5.41, 5.74) is 0. The molecular weight excluding hydrogens is 420 g/mol. The fraction of sp³-hybridized carbons (Fsp3) is 1.00. The molecular formula is C8H22Cl4N4O4P2. The van der Waals surface area contributed by atoms with E-state index >= 15 is 0 Å². The van der Waals surface area contributed by atoms with Gasteiger partial charge in [-0.05, 0) is 0 Å². The maximum Gasteiger partial charge on any atom is 0.338 e. The van der Waals surface area contributed by atoms with Crippen LogP contribution >= 0.6 is 61.7 Å². The molecule has 0 aliphatic carbocycles. The van der Waals surface area contributed by atoms with E-state index in [1.165, 1.54) is 0 Å². The predicted molar refractivity (Wildman–Crippen MR) is 94.5 cm³/mol. The van der Waals surface area contributed by atoms with Gasteiger partial charge in [0.05, 0.1) is 0 Å². The molecule has 0 atom stereocenters. The summed E-state index contributed by atoms with van der Waals surface area (Å²) in [6, 6.07) is 0. The Labute approximate surface area is 150 Å². The van der Waals surface area contributed by atoms with Gasteiger partial charge in [0, 0.05) is 49.7 Å². The fourth-order valence-electron chi connectivity index (χ4n) is 0.887. The van der Waals surface area contributed by atoms with Gasteiger partial charge in [-0.2, -0.15) is 0 Å². The molecule has 0 amide bonds. The van der Waals surface area contributed by atoms with Crippen LogP contribution in [-0.4, -0.2) is 59.5 Å². The lowest BCUT2D eigenvalue weighted by atomic mass is 10.8. The maximum absolute atomic E-state index is 10.9. The van der Waals surface area contributed by atoms with E-state index in [1.807, 2.05) is 0 Å². The first-order valence-electron chi connectivity index (χ1n) is 6.14. The maximum atomic E-state index is 10.9. The lowest BCUT2D eigenvalue weighted by Crippen LogP contribution is -2.24. The highest BCUT2D eigenvalue weighted by molar-refractivity contribution is 7.53. The Morgan fingerprint density at radius 2 is 0.773 bits per heavy atom. The molecule has 0 aliphatic heterocycles. The molecule has 6 N–H and O–H groups in total. The summed E-state index contributed by atoms with van der Waals surface area (Å²) in [5, 5.41) is 9.41. The van der Waals surface area contributed by atoms with Gasteiger partial charge in [0.25, 0.3) is 0 Å². The lowest BCUT2D eigenvalue weighted by molar-refractivity contribution is 0.449. The average molecular weight is 442 g/mol. The minimum Gasteiger partial charge on any atom is -0.322 e. The molecule has 0 aliphatic rings. The second-order valence-corrected chi connectivity index (χ2v) is 8.62. The Morgan fingerprint density at radius 3 is 0.909 bits per heavy atom. The molecule has 0 spiro atoms. The Morgan fingerprint density at radius 1 is 0.591 bits per heavy atom. The number of halogens is 4. The molecule has 8 nitrogen and oxygen atoms in total. The van der Waals surface area contributed by atoms with Crippen molar-refractivity contribution in [3.05, 3.63) is 0 Å². The van der Waals surface area contributed by atoms with Gasteiger partial charge in [-0.25, -0.2) is 20.3 Å². The van der Waals surface area contributed by atoms with E-state index in [0.29, 0.717) is 49.7 Å². The first-order chi connectivity index (χ1) is 10.2. The van der Waals surface area contributed by atoms with Crippen molar-refractivity contribution in [2.75, 3.05) is 49.7 Å². The van der Waals surface area contributed by atoms with Gasteiger partial charge in [-0.1, -0.05) is 0 Å². The van der Waals surface area contributed by atoms with Crippen molar-refractivity contribution in [1.29, 1.82) is 0 Å². The SMILES string of the molecule is O=P(O)(NCCCl)NCCCl.O=P(O)(NCCCl)NCCCl. The van der Waals surface area contributed by atoms with Crippen LogP contribution in [0.5, 0.6) is 0 Å². The summed E-state index contributed by atoms with van der Waals surface area (Å²) in [5.74, 6) is 1.19. The number of rotatable bonds is 12. The molecule has 0 saturated heterocycles. The second kappa shape index (κ2) is 15.9. The number of nitrogens with one attached hydrogen (secondary N) is 4. The van der Waals surface area contributed by atoms with Crippen LogP contribution in [0.4, 0.5) is 0 Å². The summed E-state index contributed by atoms with van der Waals surface area (Å²) in [6.45, 7) is 1.18. The van der Waals surface area contributed by atoms with E-state index in [1.54, 1.807) is 0 Å². The van der Waals surface area contributed by atoms with Crippen molar-refractivity contribution in [3.8, 4) is 0 Å². The van der Waals surface area contributed by atoms with Crippen LogP contribution < -0.4 is 20.3 Å². The van der Waals surface area contributed by atoms with Crippen LogP contribution in [0.3, 0.4) is 0 Å². The highest BCUT2D eigenvalue weighted by Gasteiger charge is 2.14. The topological polar surface area (TPSA) is 123 Å². The van der Waals surface area contributed by atoms with E-state index in [-0.39, 0.29) is 0 Å². The quantitative estimate of drug-likeness (QED) is 0.199. The van der Waals surface area contributed by atoms with Crippen LogP contribution in [0.25, 0.3) is 0 Å². The van der Waals surface area contributed by atoms with Crippen LogP contribution in [0.15, 0.2) is 0 Å². The van der Waals surface area contributed by atoms with Gasteiger partial charge in [0.2, 0.25) is 0 Å². The van der Waals surface area contributed by atoms with Gasteiger partial charge < -0.3 is 9.79 Å². The predicted octanol–water partition coefficient (Wildman–Crippen LogP) is 1.49. The van der Waals surface area contributed by atoms with Gasteiger partial charge >= 0.3 is 15.3 Å². The zero-order valence-corrected chi connectivity index (χ0v) is 16.6. The van der Waals surface area contributed by atoms with Crippen molar-refractivity contribution in [2.45, 2.75) is 0 Å². The molecule has 14 heteroatoms. The van der Waals surface area contributed by atoms with E-state index in [2.05, 4.69) is 20.3 Å². The van der Waals surface area contributed by atoms with Crippen LogP contribution in [0, 0.1) is 0 Å². The van der Waals surface area contributed by atoms with Crippen LogP contribution in [0.1, 0.15) is 0 Å². The number of hydrogen-bond donors (Lipinski definition) is 6. The molecule has 0 saturated carbocycles. The van der Waals surface area contributed by atoms with Gasteiger partial charge in [0.15, 0.2) is 0 Å². The normalized spacial score (nSPS) is 11.9. The highest BCUT2D eigenvalue weighted by atomic mass is 35.5. The molecule has 22 heavy (non-hydrogen) atoms. The number of alkyl halides is 4. The minimum absolute atomic E-state index is 0.296. The summed E-state index contributed by atoms with van der Waals surface area (Å²) in [4.78, 5) is 18.0. The first-order valence-corrected chi connectivity index (χ1v) is 11.6. The highest BCUT2D eigenvalue weighted by Crippen LogP contribution is 2.28. The van der Waals surface area contributed by atoms with E-state index in [0.717, 1.165) is 0 Å². The smallest absolute Gasteiger partial charge is 0.322 e. The summed E-state index contributed by atoms with van der Waals surface area (Å²) in [7, 11) is -6.79. The van der Waals surface area contributed by atoms with Crippen LogP contribution in [0.2, 0.25) is 0 Å². The Kier molecular flexibility index (Phi) is 18.5. The molecule has 0 aromatic rings. The third-order valence-corrected chi connectivity index (χ3v) is 5.05. The van der Waals surface area contributed by atoms with E-state index in [9.17, 15) is 9.13 Å². The Bertz CT molecular complexity index is 300. The average Bonchev–Trinajstić information content (AvgIpc) is 2.48. The molecule has 0 unspecified atom stereocenters. The van der Waals surface area contributed by atoms with E-state index in [4.69, 9.17) is 56.2 Å². The molecule has 0 fully saturated rings. The summed E-state index contributed by atoms with van der Waals surface area (Å²) < 4.78 is 21.9. The molecule has 0 aromatic carbocycles. The summed E-state index contributed by atoms with van der Waals surface area (Å²) in [6.07, 6.45) is 0. The fourth-order valence-corrected chi connectivity index (χ4v) is 3.68. The van der Waals surface area contributed by atoms with Gasteiger partial charge in [0.1, 0.15) is 0 Å². The lowest BCUT2D eigenvalue weighted by Gasteiger charge is -2.11. The molecule has 0 aromatic heterocycles. The standard InChI is InChI=1S/2C4H11Cl2N2O2P/c2*5-1-3-7-11(9,10)8-4-2-6/h2*1-4H2,(H3,7,8,9,10). The molecule has 0 radical (unpaired) electrons. The molecule has 0 heterocycles. The second-order valence-electron chi connectivity index (χ2n) is 3.54. The Hall–Kier alpha value is 1.38. The van der Waals surface area contributed by atoms with Crippen molar-refractivity contribution in [1.82, 2.24) is 20.3 Å². The van der Waals surface area contributed by atoms with Crippen molar-refractivity contribution in [3.63, 3.8) is 0 Å². The monoisotopic (exact) mass is 440 g/mol. The number of hydrogen-bond acceptors (Lipinski definition) is 2. The zero-order valence-electron chi connectivity index (χ0n) is 11.8. The van der Waals surface area contributed by atoms with Gasteiger partial charge in [-0.3, -0.25) is 9.13 Å². The third-order valence-electron chi connectivity index (χ3n) is 1.68. The van der Waals surface area contributed by atoms with Crippen molar-refractivity contribution in [2.24, 2.45) is 0 Å². The molecule has 0 rings (SSSR count). The van der Waals surface area contributed by atoms with Crippen LogP contribution in [-0.2, 0) is 9.13 Å². The Balaban J connectivity index is 0. The third kappa shape index (κ3) is 19.4. The van der Waals surface area contributed by atoms with Gasteiger partial charge in [-0.15, -0.1) is 46.4 Å². The summed E-state index contributed by atoms with van der Waals surface area (Å²) >= 11 is 21.2.